The topological polar surface area (TPSA) is 44.5 Å². The third kappa shape index (κ3) is 7.63. The summed E-state index contributed by atoms with van der Waals surface area (Å²) in [6.45, 7) is 0.728. The molecule has 5 heteroatoms. The average molecular weight is 251 g/mol. The van der Waals surface area contributed by atoms with Crippen molar-refractivity contribution in [2.45, 2.75) is 57.1 Å². The normalized spacial score (nSPS) is 22.2. The summed E-state index contributed by atoms with van der Waals surface area (Å²) in [4.78, 5) is 0. The predicted octanol–water partition coefficient (Wildman–Crippen LogP) is 2.33. The van der Waals surface area contributed by atoms with Gasteiger partial charge in [-0.05, 0) is 38.5 Å². The van der Waals surface area contributed by atoms with Gasteiger partial charge in [0.1, 0.15) is 6.61 Å². The number of halogens is 2. The third-order valence-electron chi connectivity index (χ3n) is 3.00. The van der Waals surface area contributed by atoms with Crippen LogP contribution in [0, 0.1) is 0 Å². The lowest BCUT2D eigenvalue weighted by Gasteiger charge is -2.13. The third-order valence-corrected chi connectivity index (χ3v) is 3.00. The van der Waals surface area contributed by atoms with Crippen molar-refractivity contribution in [2.75, 3.05) is 19.8 Å². The molecule has 1 aliphatic rings. The maximum Gasteiger partial charge on any atom is 0.261 e. The number of alkyl halides is 2. The summed E-state index contributed by atoms with van der Waals surface area (Å²) in [5.41, 5.74) is 5.87. The van der Waals surface area contributed by atoms with E-state index in [-0.39, 0.29) is 6.04 Å². The van der Waals surface area contributed by atoms with E-state index >= 15 is 0 Å². The average Bonchev–Trinajstić information content (AvgIpc) is 2.77. The Morgan fingerprint density at radius 1 is 1.35 bits per heavy atom. The quantitative estimate of drug-likeness (QED) is 0.640. The van der Waals surface area contributed by atoms with Crippen LogP contribution in [0.3, 0.4) is 0 Å². The SMILES string of the molecule is NC(CCCC1CCCO1)CCOCC(F)F. The van der Waals surface area contributed by atoms with Gasteiger partial charge >= 0.3 is 0 Å². The van der Waals surface area contributed by atoms with Crippen LogP contribution in [0.5, 0.6) is 0 Å². The molecule has 0 aliphatic carbocycles. The van der Waals surface area contributed by atoms with E-state index in [0.29, 0.717) is 19.1 Å². The van der Waals surface area contributed by atoms with E-state index in [1.54, 1.807) is 0 Å². The summed E-state index contributed by atoms with van der Waals surface area (Å²) in [6.07, 6.45) is 4.02. The molecule has 1 heterocycles. The van der Waals surface area contributed by atoms with Crippen molar-refractivity contribution in [2.24, 2.45) is 5.73 Å². The lowest BCUT2D eigenvalue weighted by Crippen LogP contribution is -2.23. The largest absolute Gasteiger partial charge is 0.378 e. The summed E-state index contributed by atoms with van der Waals surface area (Å²) >= 11 is 0. The van der Waals surface area contributed by atoms with Gasteiger partial charge in [0.05, 0.1) is 6.10 Å². The Kier molecular flexibility index (Phi) is 7.64. The highest BCUT2D eigenvalue weighted by molar-refractivity contribution is 4.67. The molecule has 0 radical (unpaired) electrons. The Labute approximate surface area is 102 Å². The Balaban J connectivity index is 1.88. The Morgan fingerprint density at radius 2 is 2.18 bits per heavy atom. The minimum Gasteiger partial charge on any atom is -0.378 e. The smallest absolute Gasteiger partial charge is 0.261 e. The highest BCUT2D eigenvalue weighted by Crippen LogP contribution is 2.18. The summed E-state index contributed by atoms with van der Waals surface area (Å²) < 4.78 is 33.8. The predicted molar refractivity (Wildman–Crippen MR) is 62.2 cm³/mol. The maximum atomic E-state index is 11.8. The molecule has 17 heavy (non-hydrogen) atoms. The fourth-order valence-electron chi connectivity index (χ4n) is 2.03. The van der Waals surface area contributed by atoms with Gasteiger partial charge in [0.15, 0.2) is 0 Å². The Bertz CT molecular complexity index is 187. The van der Waals surface area contributed by atoms with Crippen LogP contribution in [0.2, 0.25) is 0 Å². The molecule has 2 N–H and O–H groups in total. The Hall–Kier alpha value is -0.260. The van der Waals surface area contributed by atoms with Crippen LogP contribution in [0.1, 0.15) is 38.5 Å². The number of hydrogen-bond acceptors (Lipinski definition) is 3. The van der Waals surface area contributed by atoms with Crippen molar-refractivity contribution in [3.8, 4) is 0 Å². The van der Waals surface area contributed by atoms with Crippen molar-refractivity contribution in [3.05, 3.63) is 0 Å². The molecular formula is C12H23F2NO2. The van der Waals surface area contributed by atoms with E-state index < -0.39 is 13.0 Å². The molecule has 2 atom stereocenters. The van der Waals surface area contributed by atoms with E-state index in [1.165, 1.54) is 0 Å². The van der Waals surface area contributed by atoms with Crippen molar-refractivity contribution in [3.63, 3.8) is 0 Å². The minimum absolute atomic E-state index is 0.0501. The summed E-state index contributed by atoms with van der Waals surface area (Å²) in [6, 6.07) is 0.0501. The molecule has 3 nitrogen and oxygen atoms in total. The van der Waals surface area contributed by atoms with E-state index in [0.717, 1.165) is 38.7 Å². The molecule has 0 aromatic carbocycles. The molecule has 0 bridgehead atoms. The number of rotatable bonds is 9. The highest BCUT2D eigenvalue weighted by Gasteiger charge is 2.15. The minimum atomic E-state index is -2.38. The summed E-state index contributed by atoms with van der Waals surface area (Å²) in [7, 11) is 0. The van der Waals surface area contributed by atoms with Crippen LogP contribution in [-0.4, -0.2) is 38.4 Å². The van der Waals surface area contributed by atoms with Gasteiger partial charge in [-0.3, -0.25) is 0 Å². The molecule has 0 spiro atoms. The van der Waals surface area contributed by atoms with Crippen molar-refractivity contribution in [1.82, 2.24) is 0 Å². The zero-order valence-electron chi connectivity index (χ0n) is 10.2. The fourth-order valence-corrected chi connectivity index (χ4v) is 2.03. The fraction of sp³-hybridized carbons (Fsp3) is 1.00. The molecule has 0 aromatic heterocycles. The first-order valence-electron chi connectivity index (χ1n) is 6.41. The van der Waals surface area contributed by atoms with E-state index in [4.69, 9.17) is 15.2 Å². The van der Waals surface area contributed by atoms with Crippen LogP contribution in [0.4, 0.5) is 8.78 Å². The maximum absolute atomic E-state index is 11.8. The van der Waals surface area contributed by atoms with Crippen LogP contribution >= 0.6 is 0 Å². The molecule has 0 aromatic rings. The highest BCUT2D eigenvalue weighted by atomic mass is 19.3. The number of ether oxygens (including phenoxy) is 2. The van der Waals surface area contributed by atoms with Crippen LogP contribution in [-0.2, 0) is 9.47 Å². The summed E-state index contributed by atoms with van der Waals surface area (Å²) in [5, 5.41) is 0. The van der Waals surface area contributed by atoms with Gasteiger partial charge < -0.3 is 15.2 Å². The molecule has 0 amide bonds. The van der Waals surface area contributed by atoms with Gasteiger partial charge in [-0.15, -0.1) is 0 Å². The van der Waals surface area contributed by atoms with Crippen LogP contribution in [0.15, 0.2) is 0 Å². The lowest BCUT2D eigenvalue weighted by atomic mass is 10.0. The van der Waals surface area contributed by atoms with E-state index in [9.17, 15) is 8.78 Å². The summed E-state index contributed by atoms with van der Waals surface area (Å²) in [5.74, 6) is 0. The Morgan fingerprint density at radius 3 is 2.82 bits per heavy atom. The van der Waals surface area contributed by atoms with Gasteiger partial charge in [0, 0.05) is 19.3 Å². The second-order valence-corrected chi connectivity index (χ2v) is 4.58. The van der Waals surface area contributed by atoms with Crippen LogP contribution in [0.25, 0.3) is 0 Å². The van der Waals surface area contributed by atoms with Gasteiger partial charge in [-0.1, -0.05) is 0 Å². The van der Waals surface area contributed by atoms with Gasteiger partial charge in [-0.25, -0.2) is 8.78 Å². The van der Waals surface area contributed by atoms with Gasteiger partial charge in [0.2, 0.25) is 0 Å². The standard InChI is InChI=1S/C12H23F2NO2/c13-12(14)9-16-8-6-10(15)3-1-4-11-5-2-7-17-11/h10-12H,1-9,15H2. The monoisotopic (exact) mass is 251 g/mol. The molecule has 2 unspecified atom stereocenters. The second kappa shape index (κ2) is 8.78. The molecule has 1 aliphatic heterocycles. The van der Waals surface area contributed by atoms with E-state index in [2.05, 4.69) is 0 Å². The van der Waals surface area contributed by atoms with Crippen molar-refractivity contribution >= 4 is 0 Å². The lowest BCUT2D eigenvalue weighted by molar-refractivity contribution is 0.0149. The molecule has 0 saturated carbocycles. The van der Waals surface area contributed by atoms with Gasteiger partial charge in [0.25, 0.3) is 6.43 Å². The first-order valence-corrected chi connectivity index (χ1v) is 6.41. The van der Waals surface area contributed by atoms with Crippen molar-refractivity contribution in [1.29, 1.82) is 0 Å². The zero-order valence-corrected chi connectivity index (χ0v) is 10.2. The molecule has 1 rings (SSSR count). The van der Waals surface area contributed by atoms with E-state index in [1.807, 2.05) is 0 Å². The molecule has 102 valence electrons. The molecule has 1 saturated heterocycles. The van der Waals surface area contributed by atoms with Crippen molar-refractivity contribution < 1.29 is 18.3 Å². The molecule has 1 fully saturated rings. The zero-order chi connectivity index (χ0) is 12.5. The number of hydrogen-bond donors (Lipinski definition) is 1. The van der Waals surface area contributed by atoms with Crippen LogP contribution < -0.4 is 5.73 Å². The van der Waals surface area contributed by atoms with Gasteiger partial charge in [-0.2, -0.15) is 0 Å². The molecular weight excluding hydrogens is 228 g/mol. The first-order chi connectivity index (χ1) is 8.18. The second-order valence-electron chi connectivity index (χ2n) is 4.58. The first kappa shape index (κ1) is 14.8. The number of nitrogens with two attached hydrogens (primary N) is 1.